The summed E-state index contributed by atoms with van der Waals surface area (Å²) in [7, 11) is 4.03. The van der Waals surface area contributed by atoms with Crippen LogP contribution in [0.3, 0.4) is 0 Å². The van der Waals surface area contributed by atoms with Crippen LogP contribution in [-0.4, -0.2) is 27.2 Å². The molecular formula is C22H28Cl3N3O2Zn+2. The normalized spacial score (nSPS) is 12.3. The quantitative estimate of drug-likeness (QED) is 0.325. The molecule has 0 amide bonds. The third-order valence-corrected chi connectivity index (χ3v) is 5.53. The number of hydrogen-bond donors (Lipinski definition) is 0. The van der Waals surface area contributed by atoms with Gasteiger partial charge in [-0.05, 0) is 44.2 Å². The maximum Gasteiger partial charge on any atom is 2.00 e. The van der Waals surface area contributed by atoms with Gasteiger partial charge in [0.05, 0.1) is 16.9 Å². The molecule has 0 fully saturated rings. The Morgan fingerprint density at radius 1 is 0.903 bits per heavy atom. The summed E-state index contributed by atoms with van der Waals surface area (Å²) in [6, 6.07) is 16.2. The van der Waals surface area contributed by atoms with E-state index in [4.69, 9.17) is 4.42 Å². The van der Waals surface area contributed by atoms with Gasteiger partial charge in [-0.15, -0.1) is 37.2 Å². The second kappa shape index (κ2) is 12.0. The Hall–Kier alpha value is -1.46. The van der Waals surface area contributed by atoms with Gasteiger partial charge in [0.25, 0.3) is 0 Å². The maximum atomic E-state index is 12.8. The average Bonchev–Trinajstić information content (AvgIpc) is 2.93. The molecule has 164 valence electrons. The first-order chi connectivity index (χ1) is 13.0. The van der Waals surface area contributed by atoms with Crippen LogP contribution in [0.25, 0.3) is 11.0 Å². The number of rotatable bonds is 4. The van der Waals surface area contributed by atoms with Crippen LogP contribution in [-0.2, 0) is 19.5 Å². The van der Waals surface area contributed by atoms with Gasteiger partial charge in [0.1, 0.15) is 11.7 Å². The van der Waals surface area contributed by atoms with Gasteiger partial charge in [-0.25, -0.2) is 4.79 Å². The molecule has 4 rings (SSSR count). The van der Waals surface area contributed by atoms with Crippen LogP contribution in [0.1, 0.15) is 25.6 Å². The summed E-state index contributed by atoms with van der Waals surface area (Å²) >= 11 is 0. The molecular weight excluding hydrogens is 510 g/mol. The Morgan fingerprint density at radius 2 is 1.45 bits per heavy atom. The second-order valence-corrected chi connectivity index (χ2v) is 6.97. The van der Waals surface area contributed by atoms with Crippen LogP contribution in [0.4, 0.5) is 17.1 Å². The molecule has 0 spiro atoms. The summed E-state index contributed by atoms with van der Waals surface area (Å²) in [4.78, 5) is 19.3. The zero-order valence-corrected chi connectivity index (χ0v) is 23.6. The van der Waals surface area contributed by atoms with Crippen LogP contribution >= 0.6 is 37.2 Å². The van der Waals surface area contributed by atoms with Crippen molar-refractivity contribution in [2.75, 3.05) is 41.9 Å². The average molecular weight is 538 g/mol. The van der Waals surface area contributed by atoms with Gasteiger partial charge in [-0.3, -0.25) is 0 Å². The van der Waals surface area contributed by atoms with Gasteiger partial charge in [-0.1, -0.05) is 12.1 Å². The molecule has 2 heterocycles. The summed E-state index contributed by atoms with van der Waals surface area (Å²) < 4.78 is 5.74. The van der Waals surface area contributed by atoms with Crippen molar-refractivity contribution in [3.05, 3.63) is 64.5 Å². The Bertz CT molecular complexity index is 1030. The molecule has 5 nitrogen and oxygen atoms in total. The van der Waals surface area contributed by atoms with E-state index in [1.165, 1.54) is 0 Å². The summed E-state index contributed by atoms with van der Waals surface area (Å²) in [5.41, 5.74) is 4.30. The zero-order chi connectivity index (χ0) is 19.1. The van der Waals surface area contributed by atoms with Crippen LogP contribution in [0, 0.1) is 0 Å². The van der Waals surface area contributed by atoms with Crippen molar-refractivity contribution in [3.8, 4) is 0 Å². The van der Waals surface area contributed by atoms with Crippen LogP contribution in [0.15, 0.2) is 57.7 Å². The van der Waals surface area contributed by atoms with Gasteiger partial charge in [0.2, 0.25) is 0 Å². The number of fused-ring (bicyclic) bond motifs is 2. The van der Waals surface area contributed by atoms with Gasteiger partial charge in [-0.2, -0.15) is 0 Å². The van der Waals surface area contributed by atoms with E-state index in [0.717, 1.165) is 35.5 Å². The third-order valence-electron chi connectivity index (χ3n) is 5.53. The molecule has 0 saturated carbocycles. The van der Waals surface area contributed by atoms with E-state index in [2.05, 4.69) is 46.7 Å². The van der Waals surface area contributed by atoms with Gasteiger partial charge in [0, 0.05) is 44.3 Å². The van der Waals surface area contributed by atoms with Crippen LogP contribution in [0.2, 0.25) is 0 Å². The maximum absolute atomic E-state index is 12.8. The molecule has 3 aromatic rings. The fourth-order valence-corrected chi connectivity index (χ4v) is 4.08. The topological polar surface area (TPSA) is 39.9 Å². The van der Waals surface area contributed by atoms with Crippen molar-refractivity contribution in [2.24, 2.45) is 0 Å². The first kappa shape index (κ1) is 29.5. The third kappa shape index (κ3) is 5.14. The van der Waals surface area contributed by atoms with E-state index < -0.39 is 0 Å². The van der Waals surface area contributed by atoms with Crippen molar-refractivity contribution in [1.29, 1.82) is 0 Å². The number of benzene rings is 2. The molecule has 2 aromatic carbocycles. The van der Waals surface area contributed by atoms with Crippen molar-refractivity contribution in [3.63, 3.8) is 0 Å². The number of halogens is 3. The standard InChI is InChI=1S/C22H25N3O2.3ClH.Zn/c1-5-25(6-2)16-12-11-15-13-17(22(26)27-20(15)14-16)21-23(3)18-9-7-8-10-19(18)24(21)4;;;;/h7-14,21H,5-6H2,1-4H3;3*1H;/q;;;;+2. The molecule has 0 radical (unpaired) electrons. The van der Waals surface area contributed by atoms with Crippen LogP contribution in [0.5, 0.6) is 0 Å². The first-order valence-electron chi connectivity index (χ1n) is 9.42. The number of anilines is 3. The van der Waals surface area contributed by atoms with E-state index in [0.29, 0.717) is 11.1 Å². The minimum atomic E-state index is -0.282. The van der Waals surface area contributed by atoms with Gasteiger partial charge >= 0.3 is 25.1 Å². The van der Waals surface area contributed by atoms with E-state index in [1.54, 1.807) is 0 Å². The molecule has 0 unspecified atom stereocenters. The first-order valence-corrected chi connectivity index (χ1v) is 9.42. The van der Waals surface area contributed by atoms with Crippen molar-refractivity contribution >= 4 is 65.3 Å². The molecule has 1 aliphatic heterocycles. The Balaban J connectivity index is 0.00000225. The summed E-state index contributed by atoms with van der Waals surface area (Å²) in [6.07, 6.45) is -0.175. The van der Waals surface area contributed by atoms with Crippen molar-refractivity contribution in [2.45, 2.75) is 20.0 Å². The monoisotopic (exact) mass is 535 g/mol. The largest absolute Gasteiger partial charge is 2.00 e. The van der Waals surface area contributed by atoms with Gasteiger partial charge in [0.15, 0.2) is 0 Å². The molecule has 1 aliphatic rings. The smallest absolute Gasteiger partial charge is 0.422 e. The molecule has 0 aliphatic carbocycles. The van der Waals surface area contributed by atoms with Crippen LogP contribution < -0.4 is 20.3 Å². The minimum Gasteiger partial charge on any atom is -0.422 e. The molecule has 9 heteroatoms. The van der Waals surface area contributed by atoms with Crippen molar-refractivity contribution in [1.82, 2.24) is 0 Å². The van der Waals surface area contributed by atoms with Crippen molar-refractivity contribution < 1.29 is 23.9 Å². The number of hydrogen-bond acceptors (Lipinski definition) is 5. The minimum absolute atomic E-state index is 0. The summed E-state index contributed by atoms with van der Waals surface area (Å²) in [6.45, 7) is 6.08. The predicted octanol–water partition coefficient (Wildman–Crippen LogP) is 5.49. The fourth-order valence-electron chi connectivity index (χ4n) is 4.08. The molecule has 0 bridgehead atoms. The zero-order valence-electron chi connectivity index (χ0n) is 18.2. The second-order valence-electron chi connectivity index (χ2n) is 6.97. The molecule has 0 atom stereocenters. The van der Waals surface area contributed by atoms with E-state index in [9.17, 15) is 4.79 Å². The molecule has 0 saturated heterocycles. The Kier molecular flexibility index (Phi) is 11.4. The number of para-hydroxylation sites is 2. The predicted molar refractivity (Wildman–Crippen MR) is 134 cm³/mol. The fraction of sp³-hybridized carbons (Fsp3) is 0.318. The van der Waals surface area contributed by atoms with E-state index in [-0.39, 0.29) is 68.5 Å². The van der Waals surface area contributed by atoms with Gasteiger partial charge < -0.3 is 19.1 Å². The Labute approximate surface area is 214 Å². The summed E-state index contributed by atoms with van der Waals surface area (Å²) in [5, 5.41) is 0.943. The molecule has 31 heavy (non-hydrogen) atoms. The van der Waals surface area contributed by atoms with E-state index >= 15 is 0 Å². The molecule has 0 N–H and O–H groups in total. The number of nitrogens with zero attached hydrogens (tertiary/aromatic N) is 3. The van der Waals surface area contributed by atoms with E-state index in [1.807, 2.05) is 44.4 Å². The Morgan fingerprint density at radius 3 is 1.97 bits per heavy atom. The summed E-state index contributed by atoms with van der Waals surface area (Å²) in [5.74, 6) is 0. The SMILES string of the molecule is CCN(CC)c1ccc2cc(C3N(C)c4ccccc4N3C)c(=O)oc2c1.Cl.Cl.Cl.[Zn+2]. The molecule has 1 aromatic heterocycles.